The number of hydrogen-bond donors (Lipinski definition) is 0. The molecule has 0 unspecified atom stereocenters. The van der Waals surface area contributed by atoms with Crippen LogP contribution < -0.4 is 0 Å². The first-order valence-electron chi connectivity index (χ1n) is 8.22. The lowest BCUT2D eigenvalue weighted by Gasteiger charge is -2.31. The third kappa shape index (κ3) is 2.95. The van der Waals surface area contributed by atoms with Gasteiger partial charge in [-0.1, -0.05) is 20.8 Å². The number of fused-ring (bicyclic) bond motifs is 1. The van der Waals surface area contributed by atoms with Gasteiger partial charge in [0, 0.05) is 18.7 Å². The van der Waals surface area contributed by atoms with Gasteiger partial charge in [-0.3, -0.25) is 0 Å². The fourth-order valence-corrected chi connectivity index (χ4v) is 3.34. The largest absolute Gasteiger partial charge is 0.312 e. The molecular formula is C17H26N4. The number of likely N-dealkylation sites (tertiary alicyclic amines) is 1. The summed E-state index contributed by atoms with van der Waals surface area (Å²) in [6, 6.07) is 4.07. The van der Waals surface area contributed by atoms with E-state index in [4.69, 9.17) is 4.98 Å². The third-order valence-corrected chi connectivity index (χ3v) is 4.48. The lowest BCUT2D eigenvalue weighted by Crippen LogP contribution is -2.33. The number of imidazole rings is 1. The first-order valence-corrected chi connectivity index (χ1v) is 8.22. The van der Waals surface area contributed by atoms with Crippen LogP contribution in [0.2, 0.25) is 0 Å². The van der Waals surface area contributed by atoms with Gasteiger partial charge in [-0.15, -0.1) is 0 Å². The van der Waals surface area contributed by atoms with Crippen molar-refractivity contribution in [2.45, 2.75) is 46.1 Å². The van der Waals surface area contributed by atoms with E-state index in [1.165, 1.54) is 31.8 Å². The zero-order valence-electron chi connectivity index (χ0n) is 13.4. The molecule has 1 aliphatic heterocycles. The SMILES string of the molecule is CCN1CCC(c2nc3cccnc3n2CC(C)C)CC1. The van der Waals surface area contributed by atoms with E-state index < -0.39 is 0 Å². The number of pyridine rings is 1. The summed E-state index contributed by atoms with van der Waals surface area (Å²) < 4.78 is 2.37. The minimum atomic E-state index is 0.584. The molecule has 1 fully saturated rings. The number of rotatable bonds is 4. The van der Waals surface area contributed by atoms with Crippen molar-refractivity contribution >= 4 is 11.2 Å². The molecule has 2 aromatic heterocycles. The van der Waals surface area contributed by atoms with Crippen LogP contribution in [-0.2, 0) is 6.54 Å². The lowest BCUT2D eigenvalue weighted by molar-refractivity contribution is 0.217. The fraction of sp³-hybridized carbons (Fsp3) is 0.647. The summed E-state index contributed by atoms with van der Waals surface area (Å²) in [6.45, 7) is 11.3. The Kier molecular flexibility index (Phi) is 4.24. The zero-order chi connectivity index (χ0) is 14.8. The van der Waals surface area contributed by atoms with Gasteiger partial charge in [0.2, 0.25) is 0 Å². The lowest BCUT2D eigenvalue weighted by atomic mass is 9.96. The molecule has 2 aromatic rings. The van der Waals surface area contributed by atoms with Crippen LogP contribution in [0.3, 0.4) is 0 Å². The Labute approximate surface area is 127 Å². The number of piperidine rings is 1. The quantitative estimate of drug-likeness (QED) is 0.865. The summed E-state index contributed by atoms with van der Waals surface area (Å²) >= 11 is 0. The molecule has 0 aromatic carbocycles. The van der Waals surface area contributed by atoms with Crippen molar-refractivity contribution in [1.82, 2.24) is 19.4 Å². The van der Waals surface area contributed by atoms with Crippen molar-refractivity contribution in [2.24, 2.45) is 5.92 Å². The van der Waals surface area contributed by atoms with Crippen molar-refractivity contribution in [3.05, 3.63) is 24.2 Å². The molecule has 0 atom stereocenters. The van der Waals surface area contributed by atoms with Crippen LogP contribution in [0.1, 0.15) is 45.4 Å². The molecule has 0 bridgehead atoms. The normalized spacial score (nSPS) is 17.9. The van der Waals surface area contributed by atoms with Gasteiger partial charge in [-0.2, -0.15) is 0 Å². The molecule has 0 aliphatic carbocycles. The summed E-state index contributed by atoms with van der Waals surface area (Å²) in [6.07, 6.45) is 4.31. The van der Waals surface area contributed by atoms with Crippen LogP contribution in [0.4, 0.5) is 0 Å². The highest BCUT2D eigenvalue weighted by Gasteiger charge is 2.25. The maximum atomic E-state index is 4.92. The summed E-state index contributed by atoms with van der Waals surface area (Å²) in [7, 11) is 0. The second kappa shape index (κ2) is 6.14. The van der Waals surface area contributed by atoms with Crippen LogP contribution in [0.5, 0.6) is 0 Å². The van der Waals surface area contributed by atoms with Gasteiger partial charge >= 0.3 is 0 Å². The minimum absolute atomic E-state index is 0.584. The summed E-state index contributed by atoms with van der Waals surface area (Å²) in [5.41, 5.74) is 2.10. The molecule has 1 aliphatic rings. The average Bonchev–Trinajstić information content (AvgIpc) is 2.86. The molecular weight excluding hydrogens is 260 g/mol. The topological polar surface area (TPSA) is 34.0 Å². The molecule has 4 nitrogen and oxygen atoms in total. The molecule has 3 rings (SSSR count). The van der Waals surface area contributed by atoms with Crippen LogP contribution in [-0.4, -0.2) is 39.1 Å². The maximum absolute atomic E-state index is 4.92. The van der Waals surface area contributed by atoms with E-state index in [9.17, 15) is 0 Å². The van der Waals surface area contributed by atoms with Gasteiger partial charge in [-0.05, 0) is 50.5 Å². The molecule has 0 saturated carbocycles. The van der Waals surface area contributed by atoms with E-state index in [1.807, 2.05) is 12.3 Å². The summed E-state index contributed by atoms with van der Waals surface area (Å²) in [5.74, 6) is 2.45. The highest BCUT2D eigenvalue weighted by molar-refractivity contribution is 5.71. The number of hydrogen-bond acceptors (Lipinski definition) is 3. The third-order valence-electron chi connectivity index (χ3n) is 4.48. The van der Waals surface area contributed by atoms with Crippen molar-refractivity contribution in [1.29, 1.82) is 0 Å². The van der Waals surface area contributed by atoms with Crippen molar-refractivity contribution < 1.29 is 0 Å². The number of nitrogens with zero attached hydrogens (tertiary/aromatic N) is 4. The molecule has 3 heterocycles. The van der Waals surface area contributed by atoms with E-state index in [2.05, 4.69) is 41.3 Å². The second-order valence-electron chi connectivity index (χ2n) is 6.53. The van der Waals surface area contributed by atoms with Crippen LogP contribution >= 0.6 is 0 Å². The molecule has 4 heteroatoms. The fourth-order valence-electron chi connectivity index (χ4n) is 3.34. The van der Waals surface area contributed by atoms with E-state index in [1.54, 1.807) is 0 Å². The maximum Gasteiger partial charge on any atom is 0.159 e. The molecule has 0 N–H and O–H groups in total. The average molecular weight is 286 g/mol. The molecule has 0 amide bonds. The molecule has 0 radical (unpaired) electrons. The van der Waals surface area contributed by atoms with E-state index in [0.29, 0.717) is 11.8 Å². The van der Waals surface area contributed by atoms with Gasteiger partial charge in [0.15, 0.2) is 5.65 Å². The zero-order valence-corrected chi connectivity index (χ0v) is 13.4. The van der Waals surface area contributed by atoms with E-state index >= 15 is 0 Å². The highest BCUT2D eigenvalue weighted by atomic mass is 15.2. The second-order valence-corrected chi connectivity index (χ2v) is 6.53. The summed E-state index contributed by atoms with van der Waals surface area (Å²) in [5, 5.41) is 0. The van der Waals surface area contributed by atoms with Crippen LogP contribution in [0, 0.1) is 5.92 Å². The van der Waals surface area contributed by atoms with Crippen LogP contribution in [0.15, 0.2) is 18.3 Å². The van der Waals surface area contributed by atoms with Gasteiger partial charge in [0.05, 0.1) is 0 Å². The minimum Gasteiger partial charge on any atom is -0.312 e. The smallest absolute Gasteiger partial charge is 0.159 e. The van der Waals surface area contributed by atoms with Gasteiger partial charge in [0.25, 0.3) is 0 Å². The number of aromatic nitrogens is 3. The monoisotopic (exact) mass is 286 g/mol. The molecule has 114 valence electrons. The predicted molar refractivity (Wildman–Crippen MR) is 86.5 cm³/mol. The van der Waals surface area contributed by atoms with Crippen molar-refractivity contribution in [3.8, 4) is 0 Å². The van der Waals surface area contributed by atoms with E-state index in [0.717, 1.165) is 24.3 Å². The Balaban J connectivity index is 1.93. The van der Waals surface area contributed by atoms with Crippen LogP contribution in [0.25, 0.3) is 11.2 Å². The Bertz CT molecular complexity index is 594. The first kappa shape index (κ1) is 14.5. The Morgan fingerprint density at radius 2 is 2.05 bits per heavy atom. The summed E-state index contributed by atoms with van der Waals surface area (Å²) in [4.78, 5) is 12.0. The Hall–Kier alpha value is -1.42. The molecule has 0 spiro atoms. The highest BCUT2D eigenvalue weighted by Crippen LogP contribution is 2.30. The van der Waals surface area contributed by atoms with E-state index in [-0.39, 0.29) is 0 Å². The van der Waals surface area contributed by atoms with Crippen molar-refractivity contribution in [3.63, 3.8) is 0 Å². The standard InChI is InChI=1S/C17H26N4/c1-4-20-10-7-14(8-11-20)16-19-15-6-5-9-18-17(15)21(16)12-13(2)3/h5-6,9,13-14H,4,7-8,10-12H2,1-3H3. The van der Waals surface area contributed by atoms with Gasteiger partial charge in [-0.25, -0.2) is 9.97 Å². The van der Waals surface area contributed by atoms with Gasteiger partial charge < -0.3 is 9.47 Å². The Morgan fingerprint density at radius 1 is 1.29 bits per heavy atom. The van der Waals surface area contributed by atoms with Gasteiger partial charge in [0.1, 0.15) is 11.3 Å². The Morgan fingerprint density at radius 3 is 2.71 bits per heavy atom. The predicted octanol–water partition coefficient (Wildman–Crippen LogP) is 3.29. The molecule has 21 heavy (non-hydrogen) atoms. The van der Waals surface area contributed by atoms with Crippen molar-refractivity contribution in [2.75, 3.05) is 19.6 Å². The molecule has 1 saturated heterocycles. The first-order chi connectivity index (χ1) is 10.2.